The van der Waals surface area contributed by atoms with E-state index in [4.69, 9.17) is 10.5 Å². The van der Waals surface area contributed by atoms with Crippen LogP contribution in [0.25, 0.3) is 0 Å². The summed E-state index contributed by atoms with van der Waals surface area (Å²) < 4.78 is 5.00. The van der Waals surface area contributed by atoms with Crippen molar-refractivity contribution in [3.05, 3.63) is 42.6 Å². The molecule has 23 heavy (non-hydrogen) atoms. The van der Waals surface area contributed by atoms with Crippen molar-refractivity contribution in [2.45, 2.75) is 13.3 Å². The number of carbonyl (C=O) groups excluding carboxylic acids is 1. The molecule has 0 aliphatic rings. The Bertz CT molecular complexity index is 646. The number of anilines is 4. The van der Waals surface area contributed by atoms with E-state index < -0.39 is 0 Å². The van der Waals surface area contributed by atoms with Crippen LogP contribution in [-0.4, -0.2) is 31.2 Å². The first-order valence-electron chi connectivity index (χ1n) is 7.57. The highest BCUT2D eigenvalue weighted by molar-refractivity contribution is 5.75. The molecular weight excluding hydrogens is 292 g/mol. The minimum atomic E-state index is -0.228. The summed E-state index contributed by atoms with van der Waals surface area (Å²) >= 11 is 0. The van der Waals surface area contributed by atoms with Crippen molar-refractivity contribution < 1.29 is 9.53 Å². The van der Waals surface area contributed by atoms with Gasteiger partial charge in [-0.15, -0.1) is 0 Å². The van der Waals surface area contributed by atoms with Crippen LogP contribution in [0.5, 0.6) is 0 Å². The average Bonchev–Trinajstić information content (AvgIpc) is 2.56. The maximum Gasteiger partial charge on any atom is 0.307 e. The maximum atomic E-state index is 11.7. The number of hydrogen-bond acceptors (Lipinski definition) is 6. The molecule has 0 saturated carbocycles. The predicted octanol–water partition coefficient (Wildman–Crippen LogP) is 2.80. The number of carbonyl (C=O) groups is 1. The zero-order valence-electron chi connectivity index (χ0n) is 13.5. The van der Waals surface area contributed by atoms with Gasteiger partial charge in [0.25, 0.3) is 0 Å². The van der Waals surface area contributed by atoms with Gasteiger partial charge in [-0.25, -0.2) is 4.98 Å². The van der Waals surface area contributed by atoms with E-state index >= 15 is 0 Å². The van der Waals surface area contributed by atoms with Gasteiger partial charge in [0.1, 0.15) is 5.82 Å². The molecule has 1 heterocycles. The number of hydrogen-bond donors (Lipinski definition) is 2. The third-order valence-electron chi connectivity index (χ3n) is 3.39. The van der Waals surface area contributed by atoms with Gasteiger partial charge in [-0.05, 0) is 37.3 Å². The fourth-order valence-corrected chi connectivity index (χ4v) is 2.27. The molecule has 1 aromatic heterocycles. The highest BCUT2D eigenvalue weighted by atomic mass is 16.5. The summed E-state index contributed by atoms with van der Waals surface area (Å²) in [6.07, 6.45) is 2.00. The summed E-state index contributed by atoms with van der Waals surface area (Å²) in [6.45, 7) is 2.64. The van der Waals surface area contributed by atoms with Crippen LogP contribution in [-0.2, 0) is 9.53 Å². The first-order chi connectivity index (χ1) is 11.2. The lowest BCUT2D eigenvalue weighted by Crippen LogP contribution is -2.23. The predicted molar refractivity (Wildman–Crippen MR) is 92.9 cm³/mol. The summed E-state index contributed by atoms with van der Waals surface area (Å²) in [5.74, 6) is 0.529. The summed E-state index contributed by atoms with van der Waals surface area (Å²) in [7, 11) is 1.82. The fourth-order valence-electron chi connectivity index (χ4n) is 2.27. The number of benzene rings is 1. The van der Waals surface area contributed by atoms with Crippen molar-refractivity contribution in [3.8, 4) is 0 Å². The molecule has 0 atom stereocenters. The van der Waals surface area contributed by atoms with E-state index in [2.05, 4.69) is 10.3 Å². The molecule has 6 heteroatoms. The lowest BCUT2D eigenvalue weighted by atomic mass is 10.2. The molecule has 0 aliphatic heterocycles. The molecule has 122 valence electrons. The van der Waals surface area contributed by atoms with Crippen LogP contribution < -0.4 is 16.0 Å². The smallest absolute Gasteiger partial charge is 0.307 e. The molecule has 0 spiro atoms. The summed E-state index contributed by atoms with van der Waals surface area (Å²) in [4.78, 5) is 18.0. The van der Waals surface area contributed by atoms with E-state index in [1.54, 1.807) is 13.1 Å². The number of rotatable bonds is 7. The molecule has 0 unspecified atom stereocenters. The monoisotopic (exact) mass is 314 g/mol. The van der Waals surface area contributed by atoms with Crippen molar-refractivity contribution in [3.63, 3.8) is 0 Å². The minimum Gasteiger partial charge on any atom is -0.466 e. The van der Waals surface area contributed by atoms with Gasteiger partial charge >= 0.3 is 5.97 Å². The maximum absolute atomic E-state index is 11.7. The number of nitrogens with one attached hydrogen (secondary N) is 1. The van der Waals surface area contributed by atoms with E-state index in [0.29, 0.717) is 18.8 Å². The Labute approximate surface area is 136 Å². The number of pyridine rings is 1. The van der Waals surface area contributed by atoms with Crippen molar-refractivity contribution in [2.24, 2.45) is 0 Å². The molecular formula is C17H22N4O2. The molecule has 0 bridgehead atoms. The molecule has 1 aromatic carbocycles. The Hall–Kier alpha value is -2.76. The molecule has 2 rings (SSSR count). The minimum absolute atomic E-state index is 0.228. The Morgan fingerprint density at radius 2 is 2.17 bits per heavy atom. The Balaban J connectivity index is 2.26. The largest absolute Gasteiger partial charge is 0.466 e. The van der Waals surface area contributed by atoms with E-state index in [9.17, 15) is 4.79 Å². The quantitative estimate of drug-likeness (QED) is 0.604. The van der Waals surface area contributed by atoms with Crippen molar-refractivity contribution >= 4 is 28.8 Å². The number of aromatic nitrogens is 1. The van der Waals surface area contributed by atoms with Gasteiger partial charge in [0.05, 0.1) is 24.4 Å². The second kappa shape index (κ2) is 8.03. The van der Waals surface area contributed by atoms with E-state index in [-0.39, 0.29) is 12.4 Å². The lowest BCUT2D eigenvalue weighted by Gasteiger charge is -2.24. The fraction of sp³-hybridized carbons (Fsp3) is 0.294. The third kappa shape index (κ3) is 4.35. The number of esters is 1. The van der Waals surface area contributed by atoms with Gasteiger partial charge in [-0.3, -0.25) is 4.79 Å². The molecule has 2 aromatic rings. The molecule has 0 fully saturated rings. The highest BCUT2D eigenvalue weighted by Crippen LogP contribution is 2.29. The normalized spacial score (nSPS) is 10.2. The van der Waals surface area contributed by atoms with Gasteiger partial charge in [-0.2, -0.15) is 0 Å². The van der Waals surface area contributed by atoms with Crippen LogP contribution in [0.1, 0.15) is 13.3 Å². The molecule has 0 radical (unpaired) electrons. The number of ether oxygens (including phenoxy) is 1. The highest BCUT2D eigenvalue weighted by Gasteiger charge is 2.14. The van der Waals surface area contributed by atoms with Gasteiger partial charge in [0.15, 0.2) is 0 Å². The van der Waals surface area contributed by atoms with Gasteiger partial charge in [0, 0.05) is 25.5 Å². The summed E-state index contributed by atoms with van der Waals surface area (Å²) in [6, 6.07) is 11.4. The molecule has 0 amide bonds. The summed E-state index contributed by atoms with van der Waals surface area (Å²) in [5.41, 5.74) is 8.43. The standard InChI is InChI=1S/C17H22N4O2/c1-3-23-17(22)9-11-21(16-6-4-5-10-20-16)13-7-8-15(19-2)14(18)12-13/h4-8,10,12,19H,3,9,11,18H2,1-2H3. The topological polar surface area (TPSA) is 80.5 Å². The van der Waals surface area contributed by atoms with Crippen LogP contribution >= 0.6 is 0 Å². The second-order valence-electron chi connectivity index (χ2n) is 4.92. The van der Waals surface area contributed by atoms with Gasteiger partial charge < -0.3 is 20.7 Å². The molecule has 3 N–H and O–H groups in total. The zero-order chi connectivity index (χ0) is 16.7. The van der Waals surface area contributed by atoms with Crippen molar-refractivity contribution in [2.75, 3.05) is 36.1 Å². The van der Waals surface area contributed by atoms with Crippen LogP contribution in [0.3, 0.4) is 0 Å². The number of nitrogens with zero attached hydrogens (tertiary/aromatic N) is 2. The molecule has 0 saturated heterocycles. The van der Waals surface area contributed by atoms with Crippen molar-refractivity contribution in [1.29, 1.82) is 0 Å². The van der Waals surface area contributed by atoms with Crippen LogP contribution in [0.2, 0.25) is 0 Å². The van der Waals surface area contributed by atoms with Crippen LogP contribution in [0.15, 0.2) is 42.6 Å². The van der Waals surface area contributed by atoms with Gasteiger partial charge in [-0.1, -0.05) is 6.07 Å². The summed E-state index contributed by atoms with van der Waals surface area (Å²) in [5, 5.41) is 3.03. The zero-order valence-corrected chi connectivity index (χ0v) is 13.5. The average molecular weight is 314 g/mol. The van der Waals surface area contributed by atoms with E-state index in [1.165, 1.54) is 0 Å². The Morgan fingerprint density at radius 1 is 1.35 bits per heavy atom. The number of nitrogen functional groups attached to an aromatic ring is 1. The van der Waals surface area contributed by atoms with Crippen molar-refractivity contribution in [1.82, 2.24) is 4.98 Å². The SMILES string of the molecule is CCOC(=O)CCN(c1ccc(NC)c(N)c1)c1ccccn1. The van der Waals surface area contributed by atoms with E-state index in [1.807, 2.05) is 48.3 Å². The molecule has 6 nitrogen and oxygen atoms in total. The van der Waals surface area contributed by atoms with Gasteiger partial charge in [0.2, 0.25) is 0 Å². The third-order valence-corrected chi connectivity index (χ3v) is 3.39. The van der Waals surface area contributed by atoms with Crippen LogP contribution in [0, 0.1) is 0 Å². The second-order valence-corrected chi connectivity index (χ2v) is 4.92. The number of nitrogens with two attached hydrogens (primary N) is 1. The van der Waals surface area contributed by atoms with E-state index in [0.717, 1.165) is 17.2 Å². The van der Waals surface area contributed by atoms with Crippen LogP contribution in [0.4, 0.5) is 22.9 Å². The molecule has 0 aliphatic carbocycles. The lowest BCUT2D eigenvalue weighted by molar-refractivity contribution is -0.142. The Kier molecular flexibility index (Phi) is 5.80. The Morgan fingerprint density at radius 3 is 2.78 bits per heavy atom. The first-order valence-corrected chi connectivity index (χ1v) is 7.57. The first kappa shape index (κ1) is 16.6.